The Balaban J connectivity index is 1.86. The molecule has 0 saturated heterocycles. The highest BCUT2D eigenvalue weighted by Gasteiger charge is 2.18. The Labute approximate surface area is 120 Å². The number of hydrogen-bond donors (Lipinski definition) is 2. The molecule has 0 atom stereocenters. The summed E-state index contributed by atoms with van der Waals surface area (Å²) < 4.78 is 14.4. The number of rotatable bonds is 2. The fourth-order valence-corrected chi connectivity index (χ4v) is 3.13. The number of amides is 1. The van der Waals surface area contributed by atoms with Crippen LogP contribution < -0.4 is 10.6 Å². The van der Waals surface area contributed by atoms with Crippen LogP contribution in [-0.4, -0.2) is 12.5 Å². The van der Waals surface area contributed by atoms with E-state index >= 15 is 0 Å². The van der Waals surface area contributed by atoms with E-state index in [0.29, 0.717) is 23.4 Å². The lowest BCUT2D eigenvalue weighted by atomic mass is 9.99. The number of anilines is 1. The molecular formula is C15H15FN2OS. The molecule has 3 rings (SSSR count). The summed E-state index contributed by atoms with van der Waals surface area (Å²) >= 11 is 1.41. The number of benzene rings is 1. The molecule has 104 valence electrons. The average molecular weight is 290 g/mol. The Morgan fingerprint density at radius 3 is 2.95 bits per heavy atom. The van der Waals surface area contributed by atoms with Gasteiger partial charge in [0.15, 0.2) is 0 Å². The van der Waals surface area contributed by atoms with E-state index in [2.05, 4.69) is 10.6 Å². The van der Waals surface area contributed by atoms with Crippen LogP contribution in [0.4, 0.5) is 10.1 Å². The highest BCUT2D eigenvalue weighted by atomic mass is 32.1. The third-order valence-corrected chi connectivity index (χ3v) is 4.42. The van der Waals surface area contributed by atoms with E-state index in [4.69, 9.17) is 0 Å². The Morgan fingerprint density at radius 1 is 1.35 bits per heavy atom. The lowest BCUT2D eigenvalue weighted by Crippen LogP contribution is -2.25. The summed E-state index contributed by atoms with van der Waals surface area (Å²) in [5, 5.41) is 5.87. The topological polar surface area (TPSA) is 41.1 Å². The number of fused-ring (bicyclic) bond motifs is 1. The van der Waals surface area contributed by atoms with Crippen molar-refractivity contribution in [1.82, 2.24) is 5.32 Å². The third kappa shape index (κ3) is 2.46. The summed E-state index contributed by atoms with van der Waals surface area (Å²) in [6, 6.07) is 7.16. The van der Waals surface area contributed by atoms with Crippen molar-refractivity contribution in [2.75, 3.05) is 11.9 Å². The normalized spacial score (nSPS) is 13.9. The second kappa shape index (κ2) is 5.34. The number of carbonyl (C=O) groups is 1. The van der Waals surface area contributed by atoms with Crippen molar-refractivity contribution in [2.24, 2.45) is 0 Å². The van der Waals surface area contributed by atoms with Crippen LogP contribution in [0, 0.1) is 12.7 Å². The third-order valence-electron chi connectivity index (χ3n) is 3.42. The lowest BCUT2D eigenvalue weighted by Gasteiger charge is -2.19. The fourth-order valence-electron chi connectivity index (χ4n) is 2.37. The number of thiophene rings is 1. The first-order valence-electron chi connectivity index (χ1n) is 6.54. The van der Waals surface area contributed by atoms with Gasteiger partial charge in [0, 0.05) is 11.4 Å². The predicted molar refractivity (Wildman–Crippen MR) is 78.8 cm³/mol. The molecule has 2 heterocycles. The van der Waals surface area contributed by atoms with Gasteiger partial charge in [0.1, 0.15) is 5.82 Å². The van der Waals surface area contributed by atoms with Crippen LogP contribution in [0.1, 0.15) is 25.7 Å². The average Bonchev–Trinajstić information content (AvgIpc) is 2.89. The second-order valence-corrected chi connectivity index (χ2v) is 6.14. The smallest absolute Gasteiger partial charge is 0.265 e. The number of hydrogen-bond acceptors (Lipinski definition) is 3. The molecule has 3 nitrogen and oxygen atoms in total. The van der Waals surface area contributed by atoms with Gasteiger partial charge in [-0.3, -0.25) is 4.79 Å². The van der Waals surface area contributed by atoms with Crippen molar-refractivity contribution >= 4 is 22.9 Å². The fraction of sp³-hybridized carbons (Fsp3) is 0.267. The molecule has 0 bridgehead atoms. The highest BCUT2D eigenvalue weighted by Crippen LogP contribution is 2.25. The Hall–Kier alpha value is -1.72. The van der Waals surface area contributed by atoms with Crippen LogP contribution in [-0.2, 0) is 13.0 Å². The van der Waals surface area contributed by atoms with Gasteiger partial charge < -0.3 is 10.6 Å². The molecule has 5 heteroatoms. The molecule has 0 spiro atoms. The van der Waals surface area contributed by atoms with Gasteiger partial charge >= 0.3 is 0 Å². The molecule has 0 radical (unpaired) electrons. The molecule has 1 aliphatic heterocycles. The first-order chi connectivity index (χ1) is 9.65. The number of aryl methyl sites for hydroxylation is 1. The van der Waals surface area contributed by atoms with E-state index in [-0.39, 0.29) is 17.4 Å². The molecule has 1 aromatic carbocycles. The van der Waals surface area contributed by atoms with Gasteiger partial charge in [-0.15, -0.1) is 11.3 Å². The monoisotopic (exact) mass is 290 g/mol. The number of halogens is 1. The van der Waals surface area contributed by atoms with Crippen molar-refractivity contribution in [3.63, 3.8) is 0 Å². The van der Waals surface area contributed by atoms with Crippen LogP contribution in [0.5, 0.6) is 0 Å². The molecule has 20 heavy (non-hydrogen) atoms. The first-order valence-corrected chi connectivity index (χ1v) is 7.35. The number of carbonyl (C=O) groups excluding carboxylic acids is 1. The summed E-state index contributed by atoms with van der Waals surface area (Å²) in [5.74, 6) is -0.554. The molecule has 2 aromatic rings. The van der Waals surface area contributed by atoms with Gasteiger partial charge in [0.05, 0.1) is 10.6 Å². The van der Waals surface area contributed by atoms with Crippen molar-refractivity contribution < 1.29 is 9.18 Å². The molecule has 1 amide bonds. The second-order valence-electron chi connectivity index (χ2n) is 4.86. The van der Waals surface area contributed by atoms with Gasteiger partial charge in [-0.2, -0.15) is 0 Å². The zero-order chi connectivity index (χ0) is 14.1. The van der Waals surface area contributed by atoms with E-state index in [9.17, 15) is 9.18 Å². The maximum Gasteiger partial charge on any atom is 0.265 e. The van der Waals surface area contributed by atoms with Crippen LogP contribution >= 0.6 is 11.3 Å². The first kappa shape index (κ1) is 13.3. The summed E-state index contributed by atoms with van der Waals surface area (Å²) in [6.07, 6.45) is 0.656. The van der Waals surface area contributed by atoms with Crippen molar-refractivity contribution in [2.45, 2.75) is 19.9 Å². The zero-order valence-corrected chi connectivity index (χ0v) is 11.9. The largest absolute Gasteiger partial charge is 0.319 e. The summed E-state index contributed by atoms with van der Waals surface area (Å²) in [5.41, 5.74) is 1.95. The van der Waals surface area contributed by atoms with E-state index in [0.717, 1.165) is 17.0 Å². The minimum atomic E-state index is -0.300. The van der Waals surface area contributed by atoms with Crippen molar-refractivity contribution in [3.05, 3.63) is 51.0 Å². The standard InChI is InChI=1S/C15H15FN2OS/c1-9-2-5-13(20-9)15(19)18-12-4-3-10-8-17-7-6-11(10)14(12)16/h2-5,17H,6-8H2,1H3,(H,18,19). The molecular weight excluding hydrogens is 275 g/mol. The molecule has 1 aliphatic rings. The van der Waals surface area contributed by atoms with E-state index in [1.54, 1.807) is 12.1 Å². The number of nitrogens with one attached hydrogen (secondary N) is 2. The van der Waals surface area contributed by atoms with Crippen LogP contribution in [0.15, 0.2) is 24.3 Å². The molecule has 0 aliphatic carbocycles. The predicted octanol–water partition coefficient (Wildman–Crippen LogP) is 3.09. The Kier molecular flexibility index (Phi) is 3.54. The molecule has 2 N–H and O–H groups in total. The van der Waals surface area contributed by atoms with Crippen molar-refractivity contribution in [3.8, 4) is 0 Å². The van der Waals surface area contributed by atoms with Crippen LogP contribution in [0.25, 0.3) is 0 Å². The van der Waals surface area contributed by atoms with Gasteiger partial charge in [-0.25, -0.2) is 4.39 Å². The Bertz CT molecular complexity index is 666. The summed E-state index contributed by atoms with van der Waals surface area (Å²) in [6.45, 7) is 3.39. The van der Waals surface area contributed by atoms with Gasteiger partial charge in [0.25, 0.3) is 5.91 Å². The van der Waals surface area contributed by atoms with Gasteiger partial charge in [-0.05, 0) is 49.2 Å². The zero-order valence-electron chi connectivity index (χ0n) is 11.1. The minimum Gasteiger partial charge on any atom is -0.319 e. The molecule has 0 fully saturated rings. The van der Waals surface area contributed by atoms with E-state index in [1.165, 1.54) is 11.3 Å². The molecule has 0 saturated carbocycles. The van der Waals surface area contributed by atoms with E-state index < -0.39 is 0 Å². The highest BCUT2D eigenvalue weighted by molar-refractivity contribution is 7.14. The Morgan fingerprint density at radius 2 is 2.20 bits per heavy atom. The lowest BCUT2D eigenvalue weighted by molar-refractivity contribution is 0.103. The van der Waals surface area contributed by atoms with Crippen molar-refractivity contribution in [1.29, 1.82) is 0 Å². The van der Waals surface area contributed by atoms with Crippen LogP contribution in [0.2, 0.25) is 0 Å². The summed E-state index contributed by atoms with van der Waals surface area (Å²) in [4.78, 5) is 13.7. The van der Waals surface area contributed by atoms with Gasteiger partial charge in [-0.1, -0.05) is 6.07 Å². The molecule has 1 aromatic heterocycles. The quantitative estimate of drug-likeness (QED) is 0.892. The van der Waals surface area contributed by atoms with E-state index in [1.807, 2.05) is 19.1 Å². The minimum absolute atomic E-state index is 0.254. The molecule has 0 unspecified atom stereocenters. The van der Waals surface area contributed by atoms with Crippen LogP contribution in [0.3, 0.4) is 0 Å². The summed E-state index contributed by atoms with van der Waals surface area (Å²) in [7, 11) is 0. The maximum absolute atomic E-state index is 14.4. The van der Waals surface area contributed by atoms with Gasteiger partial charge in [0.2, 0.25) is 0 Å². The maximum atomic E-state index is 14.4. The SMILES string of the molecule is Cc1ccc(C(=O)Nc2ccc3c(c2F)CCNC3)s1.